The molecule has 11 nitrogen and oxygen atoms in total. The van der Waals surface area contributed by atoms with Crippen LogP contribution in [0, 0.1) is 0 Å². The number of carbonyl (C=O) groups is 1. The molecule has 2 N–H and O–H groups in total. The highest BCUT2D eigenvalue weighted by Crippen LogP contribution is 2.33. The Bertz CT molecular complexity index is 1260. The number of nitrogens with one attached hydrogen (secondary N) is 2. The number of H-pyrrole nitrogens is 1. The van der Waals surface area contributed by atoms with E-state index in [0.29, 0.717) is 53.9 Å². The Kier molecular flexibility index (Phi) is 5.91. The van der Waals surface area contributed by atoms with Crippen molar-refractivity contribution in [1.82, 2.24) is 20.2 Å². The van der Waals surface area contributed by atoms with E-state index < -0.39 is 15.7 Å². The smallest absolute Gasteiger partial charge is 0.280 e. The molecule has 1 saturated carbocycles. The second-order valence-electron chi connectivity index (χ2n) is 7.61. The molecule has 1 saturated heterocycles. The summed E-state index contributed by atoms with van der Waals surface area (Å²) in [6, 6.07) is 6.11. The minimum Gasteiger partial charge on any atom is -0.389 e. The molecule has 33 heavy (non-hydrogen) atoms. The largest absolute Gasteiger partial charge is 0.389 e. The van der Waals surface area contributed by atoms with Crippen LogP contribution in [0.15, 0.2) is 46.8 Å². The zero-order valence-corrected chi connectivity index (χ0v) is 18.9. The number of benzene rings is 1. The molecule has 0 radical (unpaired) electrons. The number of aromatic nitrogens is 4. The molecule has 0 bridgehead atoms. The predicted octanol–water partition coefficient (Wildman–Crippen LogP) is 2.01. The van der Waals surface area contributed by atoms with Crippen molar-refractivity contribution in [1.29, 1.82) is 0 Å². The second-order valence-corrected chi connectivity index (χ2v) is 10.9. The normalized spacial score (nSPS) is 18.9. The van der Waals surface area contributed by atoms with Gasteiger partial charge >= 0.3 is 0 Å². The molecule has 172 valence electrons. The van der Waals surface area contributed by atoms with Gasteiger partial charge in [-0.25, -0.2) is 18.4 Å². The number of carbonyl (C=O) groups excluding carboxylic acids is 1. The topological polar surface area (TPSA) is 149 Å². The molecule has 2 aliphatic rings. The molecule has 1 aliphatic heterocycles. The fourth-order valence-corrected chi connectivity index (χ4v) is 5.65. The number of hydrogen-bond donors (Lipinski definition) is 2. The first kappa shape index (κ1) is 21.7. The molecule has 1 atom stereocenters. The summed E-state index contributed by atoms with van der Waals surface area (Å²) in [5.41, 5.74) is 0.429. The van der Waals surface area contributed by atoms with Crippen LogP contribution in [-0.2, 0) is 24.2 Å². The number of nitrogens with zero attached hydrogens (tertiary/aromatic N) is 4. The number of amides is 1. The average molecular weight is 489 g/mol. The molecular formula is C20H20N6O5S2. The van der Waals surface area contributed by atoms with E-state index in [1.165, 1.54) is 29.8 Å². The maximum atomic E-state index is 13.1. The van der Waals surface area contributed by atoms with Gasteiger partial charge < -0.3 is 9.57 Å². The van der Waals surface area contributed by atoms with Crippen LogP contribution < -0.4 is 5.32 Å². The number of rotatable bonds is 8. The van der Waals surface area contributed by atoms with Crippen LogP contribution in [0.5, 0.6) is 0 Å². The Morgan fingerprint density at radius 1 is 1.21 bits per heavy atom. The molecule has 5 rings (SSSR count). The lowest BCUT2D eigenvalue weighted by Gasteiger charge is -2.10. The van der Waals surface area contributed by atoms with Crippen molar-refractivity contribution >= 4 is 37.9 Å². The van der Waals surface area contributed by atoms with Crippen molar-refractivity contribution in [3.8, 4) is 10.7 Å². The summed E-state index contributed by atoms with van der Waals surface area (Å²) < 4.78 is 30.3. The quantitative estimate of drug-likeness (QED) is 0.361. The van der Waals surface area contributed by atoms with E-state index in [2.05, 4.69) is 30.6 Å². The van der Waals surface area contributed by atoms with Gasteiger partial charge in [-0.2, -0.15) is 5.10 Å². The van der Waals surface area contributed by atoms with Gasteiger partial charge in [0.25, 0.3) is 5.91 Å². The number of sulfone groups is 1. The lowest BCUT2D eigenvalue weighted by molar-refractivity contribution is -0.110. The summed E-state index contributed by atoms with van der Waals surface area (Å²) in [4.78, 5) is 27.8. The molecule has 0 unspecified atom stereocenters. The van der Waals surface area contributed by atoms with Gasteiger partial charge in [-0.3, -0.25) is 15.2 Å². The molecule has 0 spiro atoms. The Balaban J connectivity index is 1.38. The summed E-state index contributed by atoms with van der Waals surface area (Å²) in [5.74, 6) is -0.0680. The highest BCUT2D eigenvalue weighted by Gasteiger charge is 2.36. The van der Waals surface area contributed by atoms with E-state index in [9.17, 15) is 13.2 Å². The first-order valence-corrected chi connectivity index (χ1v) is 12.7. The third kappa shape index (κ3) is 4.79. The number of thiazole rings is 1. The molecule has 2 fully saturated rings. The van der Waals surface area contributed by atoms with Crippen LogP contribution in [0.2, 0.25) is 0 Å². The molecule has 13 heteroatoms. The van der Waals surface area contributed by atoms with Gasteiger partial charge in [-0.1, -0.05) is 28.6 Å². The maximum absolute atomic E-state index is 13.1. The van der Waals surface area contributed by atoms with Gasteiger partial charge in [0.05, 0.1) is 34.4 Å². The summed E-state index contributed by atoms with van der Waals surface area (Å²) in [6.45, 7) is 0.960. The van der Waals surface area contributed by atoms with Crippen molar-refractivity contribution < 1.29 is 22.8 Å². The van der Waals surface area contributed by atoms with Crippen LogP contribution in [0.1, 0.15) is 24.8 Å². The van der Waals surface area contributed by atoms with Gasteiger partial charge in [0.1, 0.15) is 6.33 Å². The number of hydrogen-bond acceptors (Lipinski definition) is 10. The van der Waals surface area contributed by atoms with E-state index in [1.807, 2.05) is 0 Å². The van der Waals surface area contributed by atoms with Crippen LogP contribution in [0.3, 0.4) is 0 Å². The van der Waals surface area contributed by atoms with Gasteiger partial charge in [0.15, 0.2) is 32.6 Å². The van der Waals surface area contributed by atoms with E-state index in [4.69, 9.17) is 9.57 Å². The van der Waals surface area contributed by atoms with Gasteiger partial charge in [-0.05, 0) is 25.0 Å². The average Bonchev–Trinajstić information content (AvgIpc) is 3.20. The lowest BCUT2D eigenvalue weighted by Crippen LogP contribution is -2.25. The van der Waals surface area contributed by atoms with E-state index in [-0.39, 0.29) is 22.0 Å². The summed E-state index contributed by atoms with van der Waals surface area (Å²) in [7, 11) is -3.33. The monoisotopic (exact) mass is 488 g/mol. The zero-order valence-electron chi connectivity index (χ0n) is 17.3. The third-order valence-corrected chi connectivity index (χ3v) is 8.36. The fraction of sp³-hybridized carbons (Fsp3) is 0.350. The van der Waals surface area contributed by atoms with Crippen molar-refractivity contribution in [2.45, 2.75) is 35.5 Å². The molecule has 2 aromatic heterocycles. The Labute approximate surface area is 193 Å². The van der Waals surface area contributed by atoms with Crippen LogP contribution >= 0.6 is 11.3 Å². The minimum atomic E-state index is -3.33. The number of ether oxygens (including phenoxy) is 1. The predicted molar refractivity (Wildman–Crippen MR) is 120 cm³/mol. The zero-order chi connectivity index (χ0) is 22.8. The fourth-order valence-electron chi connectivity index (χ4n) is 3.24. The second kappa shape index (κ2) is 9.00. The summed E-state index contributed by atoms with van der Waals surface area (Å²) >= 11 is 1.21. The third-order valence-electron chi connectivity index (χ3n) is 5.18. The van der Waals surface area contributed by atoms with Crippen molar-refractivity contribution in [3.63, 3.8) is 0 Å². The SMILES string of the molecule is O=C(Nc1ncc(-c2nc[nH]n2)s1)/C(=N/O[C@@H]1CCOC1)c1ccc(S(=O)(=O)C2CC2)cc1. The van der Waals surface area contributed by atoms with Crippen molar-refractivity contribution in [3.05, 3.63) is 42.4 Å². The maximum Gasteiger partial charge on any atom is 0.280 e. The highest BCUT2D eigenvalue weighted by atomic mass is 32.2. The Morgan fingerprint density at radius 2 is 2.03 bits per heavy atom. The Morgan fingerprint density at radius 3 is 2.70 bits per heavy atom. The van der Waals surface area contributed by atoms with E-state index in [1.54, 1.807) is 18.3 Å². The lowest BCUT2D eigenvalue weighted by atomic mass is 10.1. The summed E-state index contributed by atoms with van der Waals surface area (Å²) in [5, 5.41) is 13.5. The first-order valence-electron chi connectivity index (χ1n) is 10.3. The molecule has 1 aromatic carbocycles. The standard InChI is InChI=1S/C20H20N6O5S2/c27-19(24-20-21-9-16(32-20)18-22-11-23-25-18)17(26-31-13-7-8-30-10-13)12-1-3-14(4-2-12)33(28,29)15-5-6-15/h1-4,9,11,13,15H,5-8,10H2,(H,21,24,27)(H,22,23,25)/b26-17+/t13-/m1/s1. The van der Waals surface area contributed by atoms with Crippen LogP contribution in [0.4, 0.5) is 5.13 Å². The molecule has 1 amide bonds. The summed E-state index contributed by atoms with van der Waals surface area (Å²) in [6.07, 6.45) is 4.79. The Hall–Kier alpha value is -3.16. The van der Waals surface area contributed by atoms with Crippen molar-refractivity contribution in [2.75, 3.05) is 18.5 Å². The number of oxime groups is 1. The van der Waals surface area contributed by atoms with Crippen molar-refractivity contribution in [2.24, 2.45) is 5.16 Å². The number of anilines is 1. The minimum absolute atomic E-state index is 0.00640. The first-order chi connectivity index (χ1) is 16.0. The van der Waals surface area contributed by atoms with Gasteiger partial charge in [0, 0.05) is 12.0 Å². The molecular weight excluding hydrogens is 468 g/mol. The van der Waals surface area contributed by atoms with Crippen LogP contribution in [0.25, 0.3) is 10.7 Å². The van der Waals surface area contributed by atoms with E-state index in [0.717, 1.165) is 0 Å². The van der Waals surface area contributed by atoms with Crippen LogP contribution in [-0.4, -0.2) is 64.8 Å². The highest BCUT2D eigenvalue weighted by molar-refractivity contribution is 7.92. The number of aromatic amines is 1. The van der Waals surface area contributed by atoms with Gasteiger partial charge in [-0.15, -0.1) is 0 Å². The van der Waals surface area contributed by atoms with E-state index >= 15 is 0 Å². The molecule has 1 aliphatic carbocycles. The molecule has 3 aromatic rings. The van der Waals surface area contributed by atoms with Gasteiger partial charge in [0.2, 0.25) is 0 Å². The molecule has 3 heterocycles.